The fourth-order valence-electron chi connectivity index (χ4n) is 2.11. The number of rotatable bonds is 5. The van der Waals surface area contributed by atoms with Gasteiger partial charge in [0.05, 0.1) is 11.7 Å². The van der Waals surface area contributed by atoms with Crippen molar-refractivity contribution in [2.45, 2.75) is 19.8 Å². The fourth-order valence-corrected chi connectivity index (χ4v) is 2.47. The summed E-state index contributed by atoms with van der Waals surface area (Å²) in [6, 6.07) is 5.50. The van der Waals surface area contributed by atoms with Gasteiger partial charge in [-0.15, -0.1) is 0 Å². The molecular formula is C14H14BrN2O3-. The molecule has 0 aliphatic heterocycles. The number of carbonyl (C=O) groups is 2. The lowest BCUT2D eigenvalue weighted by atomic mass is 10.1. The molecule has 0 atom stereocenters. The minimum atomic E-state index is -1.24. The molecule has 0 spiro atoms. The number of hydrogen-bond acceptors (Lipinski definition) is 3. The summed E-state index contributed by atoms with van der Waals surface area (Å²) < 4.78 is 0.868. The van der Waals surface area contributed by atoms with Gasteiger partial charge in [-0.05, 0) is 30.2 Å². The minimum absolute atomic E-state index is 0.0546. The lowest BCUT2D eigenvalue weighted by Gasteiger charge is -2.07. The van der Waals surface area contributed by atoms with E-state index >= 15 is 0 Å². The van der Waals surface area contributed by atoms with Crippen LogP contribution in [0.3, 0.4) is 0 Å². The van der Waals surface area contributed by atoms with Gasteiger partial charge in [0, 0.05) is 28.3 Å². The molecule has 1 amide bonds. The third kappa shape index (κ3) is 3.01. The van der Waals surface area contributed by atoms with Gasteiger partial charge in [0.15, 0.2) is 0 Å². The highest BCUT2D eigenvalue weighted by Gasteiger charge is 2.12. The predicted molar refractivity (Wildman–Crippen MR) is 77.3 cm³/mol. The molecule has 0 saturated heterocycles. The van der Waals surface area contributed by atoms with Crippen LogP contribution >= 0.6 is 15.9 Å². The third-order valence-corrected chi connectivity index (χ3v) is 3.58. The highest BCUT2D eigenvalue weighted by atomic mass is 79.9. The molecular weight excluding hydrogens is 324 g/mol. The van der Waals surface area contributed by atoms with E-state index in [0.717, 1.165) is 15.4 Å². The van der Waals surface area contributed by atoms with Crippen LogP contribution in [-0.4, -0.2) is 23.4 Å². The lowest BCUT2D eigenvalue weighted by Crippen LogP contribution is -2.27. The van der Waals surface area contributed by atoms with Crippen molar-refractivity contribution in [1.82, 2.24) is 10.3 Å². The SMILES string of the molecule is CCC(=O)NCCc1c(C(=O)[O-])[nH]c2ccc(Br)cc12. The van der Waals surface area contributed by atoms with Crippen LogP contribution in [0.1, 0.15) is 29.4 Å². The van der Waals surface area contributed by atoms with E-state index in [1.807, 2.05) is 12.1 Å². The molecule has 6 heteroatoms. The van der Waals surface area contributed by atoms with Gasteiger partial charge in [-0.2, -0.15) is 0 Å². The minimum Gasteiger partial charge on any atom is -0.543 e. The Morgan fingerprint density at radius 3 is 2.80 bits per heavy atom. The van der Waals surface area contributed by atoms with E-state index < -0.39 is 5.97 Å². The zero-order chi connectivity index (χ0) is 14.7. The molecule has 2 aromatic rings. The van der Waals surface area contributed by atoms with Crippen LogP contribution in [0.4, 0.5) is 0 Å². The second-order valence-corrected chi connectivity index (χ2v) is 5.33. The Kier molecular flexibility index (Phi) is 4.44. The number of carbonyl (C=O) groups excluding carboxylic acids is 2. The molecule has 2 rings (SSSR count). The summed E-state index contributed by atoms with van der Waals surface area (Å²) in [7, 11) is 0. The van der Waals surface area contributed by atoms with Crippen molar-refractivity contribution in [3.05, 3.63) is 33.9 Å². The predicted octanol–water partition coefficient (Wildman–Crippen LogP) is 1.36. The molecule has 1 aromatic carbocycles. The Bertz CT molecular complexity index is 664. The Hall–Kier alpha value is -1.82. The number of amides is 1. The number of carboxylic acids is 1. The number of hydrogen-bond donors (Lipinski definition) is 2. The molecule has 0 bridgehead atoms. The van der Waals surface area contributed by atoms with Crippen molar-refractivity contribution < 1.29 is 14.7 Å². The van der Waals surface area contributed by atoms with Crippen molar-refractivity contribution >= 4 is 38.7 Å². The van der Waals surface area contributed by atoms with Crippen molar-refractivity contribution in [3.8, 4) is 0 Å². The maximum Gasteiger partial charge on any atom is 0.219 e. The Morgan fingerprint density at radius 2 is 2.15 bits per heavy atom. The van der Waals surface area contributed by atoms with Gasteiger partial charge in [0.25, 0.3) is 0 Å². The average molecular weight is 338 g/mol. The standard InChI is InChI=1S/C14H15BrN2O3/c1-2-12(18)16-6-5-9-10-7-8(15)3-4-11(10)17-13(9)14(19)20/h3-4,7,17H,2,5-6H2,1H3,(H,16,18)(H,19,20)/p-1. The van der Waals surface area contributed by atoms with E-state index in [1.54, 1.807) is 13.0 Å². The van der Waals surface area contributed by atoms with Crippen LogP contribution < -0.4 is 10.4 Å². The molecule has 2 N–H and O–H groups in total. The van der Waals surface area contributed by atoms with E-state index in [9.17, 15) is 14.7 Å². The van der Waals surface area contributed by atoms with Gasteiger partial charge in [0.2, 0.25) is 5.91 Å². The van der Waals surface area contributed by atoms with E-state index in [2.05, 4.69) is 26.2 Å². The smallest absolute Gasteiger partial charge is 0.219 e. The van der Waals surface area contributed by atoms with E-state index in [4.69, 9.17) is 0 Å². The largest absolute Gasteiger partial charge is 0.543 e. The van der Waals surface area contributed by atoms with Gasteiger partial charge in [-0.1, -0.05) is 22.9 Å². The van der Waals surface area contributed by atoms with Gasteiger partial charge in [-0.3, -0.25) is 4.79 Å². The molecule has 0 unspecified atom stereocenters. The van der Waals surface area contributed by atoms with Crippen LogP contribution in [0, 0.1) is 0 Å². The number of aromatic amines is 1. The number of nitrogens with one attached hydrogen (secondary N) is 2. The third-order valence-electron chi connectivity index (χ3n) is 3.09. The van der Waals surface area contributed by atoms with Crippen LogP contribution in [0.25, 0.3) is 10.9 Å². The molecule has 20 heavy (non-hydrogen) atoms. The summed E-state index contributed by atoms with van der Waals surface area (Å²) in [6.07, 6.45) is 0.846. The number of benzene rings is 1. The number of carboxylic acid groups (broad SMARTS) is 1. The number of fused-ring (bicyclic) bond motifs is 1. The van der Waals surface area contributed by atoms with Crippen LogP contribution in [0.15, 0.2) is 22.7 Å². The summed E-state index contributed by atoms with van der Waals surface area (Å²) in [5.74, 6) is -1.30. The summed E-state index contributed by atoms with van der Waals surface area (Å²) in [5.41, 5.74) is 1.46. The Labute approximate surface area is 124 Å². The van der Waals surface area contributed by atoms with Crippen molar-refractivity contribution in [3.63, 3.8) is 0 Å². The molecule has 0 radical (unpaired) electrons. The van der Waals surface area contributed by atoms with Gasteiger partial charge in [-0.25, -0.2) is 0 Å². The molecule has 0 fully saturated rings. The normalized spacial score (nSPS) is 10.7. The number of H-pyrrole nitrogens is 1. The first-order valence-electron chi connectivity index (χ1n) is 6.31. The summed E-state index contributed by atoms with van der Waals surface area (Å²) >= 11 is 3.37. The van der Waals surface area contributed by atoms with Gasteiger partial charge in [0.1, 0.15) is 0 Å². The number of halogens is 1. The second-order valence-electron chi connectivity index (χ2n) is 4.41. The summed E-state index contributed by atoms with van der Waals surface area (Å²) in [4.78, 5) is 25.3. The van der Waals surface area contributed by atoms with Crippen LogP contribution in [-0.2, 0) is 11.2 Å². The van der Waals surface area contributed by atoms with Crippen molar-refractivity contribution in [2.75, 3.05) is 6.54 Å². The summed E-state index contributed by atoms with van der Waals surface area (Å²) in [5, 5.41) is 14.7. The first-order valence-corrected chi connectivity index (χ1v) is 7.10. The molecule has 5 nitrogen and oxygen atoms in total. The van der Waals surface area contributed by atoms with E-state index in [-0.39, 0.29) is 11.6 Å². The quantitative estimate of drug-likeness (QED) is 0.863. The summed E-state index contributed by atoms with van der Waals surface area (Å²) in [6.45, 7) is 2.16. The van der Waals surface area contributed by atoms with Crippen LogP contribution in [0.5, 0.6) is 0 Å². The fraction of sp³-hybridized carbons (Fsp3) is 0.286. The van der Waals surface area contributed by atoms with Crippen LogP contribution in [0.2, 0.25) is 0 Å². The molecule has 1 aromatic heterocycles. The first kappa shape index (κ1) is 14.6. The van der Waals surface area contributed by atoms with Gasteiger partial charge >= 0.3 is 0 Å². The van der Waals surface area contributed by atoms with Crippen molar-refractivity contribution in [2.24, 2.45) is 0 Å². The molecule has 106 valence electrons. The molecule has 0 aliphatic carbocycles. The molecule has 1 heterocycles. The second kappa shape index (κ2) is 6.09. The average Bonchev–Trinajstić information content (AvgIpc) is 2.77. The first-order chi connectivity index (χ1) is 9.52. The zero-order valence-corrected chi connectivity index (χ0v) is 12.5. The van der Waals surface area contributed by atoms with Gasteiger partial charge < -0.3 is 20.2 Å². The van der Waals surface area contributed by atoms with E-state index in [0.29, 0.717) is 24.9 Å². The topological polar surface area (TPSA) is 85.0 Å². The maximum atomic E-state index is 11.2. The number of aromatic nitrogens is 1. The lowest BCUT2D eigenvalue weighted by molar-refractivity contribution is -0.255. The highest BCUT2D eigenvalue weighted by Crippen LogP contribution is 2.26. The molecule has 0 aliphatic rings. The maximum absolute atomic E-state index is 11.2. The monoisotopic (exact) mass is 337 g/mol. The zero-order valence-electron chi connectivity index (χ0n) is 11.0. The Morgan fingerprint density at radius 1 is 1.40 bits per heavy atom. The Balaban J connectivity index is 2.33. The van der Waals surface area contributed by atoms with E-state index in [1.165, 1.54) is 0 Å². The number of aromatic carboxylic acids is 1. The van der Waals surface area contributed by atoms with Crippen molar-refractivity contribution in [1.29, 1.82) is 0 Å². The highest BCUT2D eigenvalue weighted by molar-refractivity contribution is 9.10. The molecule has 0 saturated carbocycles.